The van der Waals surface area contributed by atoms with E-state index in [0.717, 1.165) is 5.75 Å². The largest absolute Gasteiger partial charge is 0.493 e. The summed E-state index contributed by atoms with van der Waals surface area (Å²) in [5.41, 5.74) is 0.584. The van der Waals surface area contributed by atoms with Crippen molar-refractivity contribution in [1.82, 2.24) is 13.5 Å². The first-order chi connectivity index (χ1) is 11.7. The van der Waals surface area contributed by atoms with Crippen LogP contribution in [0.15, 0.2) is 24.3 Å². The van der Waals surface area contributed by atoms with Crippen molar-refractivity contribution < 1.29 is 17.9 Å². The normalized spacial score (nSPS) is 16.5. The van der Waals surface area contributed by atoms with E-state index in [-0.39, 0.29) is 5.91 Å². The summed E-state index contributed by atoms with van der Waals surface area (Å²) in [6.45, 7) is 6.18. The molecule has 1 heterocycles. The van der Waals surface area contributed by atoms with Gasteiger partial charge in [-0.25, -0.2) is 0 Å². The second-order valence-electron chi connectivity index (χ2n) is 6.71. The molecule has 0 saturated carbocycles. The Hall–Kier alpha value is -1.64. The van der Waals surface area contributed by atoms with Crippen LogP contribution in [0.2, 0.25) is 0 Å². The number of carbonyl (C=O) groups is 1. The van der Waals surface area contributed by atoms with Crippen LogP contribution in [0.3, 0.4) is 0 Å². The second kappa shape index (κ2) is 8.16. The van der Waals surface area contributed by atoms with Gasteiger partial charge in [-0.3, -0.25) is 4.79 Å². The van der Waals surface area contributed by atoms with Crippen molar-refractivity contribution in [2.24, 2.45) is 5.92 Å². The first kappa shape index (κ1) is 19.7. The van der Waals surface area contributed by atoms with Crippen LogP contribution in [-0.4, -0.2) is 74.7 Å². The molecule has 25 heavy (non-hydrogen) atoms. The van der Waals surface area contributed by atoms with Crippen LogP contribution >= 0.6 is 0 Å². The third-order valence-corrected chi connectivity index (χ3v) is 5.94. The van der Waals surface area contributed by atoms with E-state index in [9.17, 15) is 13.2 Å². The number of hydrogen-bond donors (Lipinski definition) is 0. The maximum atomic E-state index is 12.6. The molecule has 0 unspecified atom stereocenters. The molecule has 8 heteroatoms. The molecule has 2 rings (SSSR count). The Bertz CT molecular complexity index is 678. The second-order valence-corrected chi connectivity index (χ2v) is 8.85. The lowest BCUT2D eigenvalue weighted by atomic mass is 10.1. The molecule has 1 aliphatic rings. The number of carbonyl (C=O) groups excluding carboxylic acids is 1. The van der Waals surface area contributed by atoms with Crippen LogP contribution in [-0.2, 0) is 10.2 Å². The first-order valence-corrected chi connectivity index (χ1v) is 9.81. The Kier molecular flexibility index (Phi) is 6.42. The van der Waals surface area contributed by atoms with Crippen molar-refractivity contribution in [3.8, 4) is 5.75 Å². The third-order valence-electron chi connectivity index (χ3n) is 4.00. The van der Waals surface area contributed by atoms with Crippen molar-refractivity contribution in [1.29, 1.82) is 0 Å². The molecule has 0 atom stereocenters. The predicted octanol–water partition coefficient (Wildman–Crippen LogP) is 1.29. The number of ether oxygens (including phenoxy) is 1. The summed E-state index contributed by atoms with van der Waals surface area (Å²) >= 11 is 0. The highest BCUT2D eigenvalue weighted by atomic mass is 32.2. The fourth-order valence-electron chi connectivity index (χ4n) is 2.49. The zero-order valence-electron chi connectivity index (χ0n) is 15.3. The molecule has 1 fully saturated rings. The summed E-state index contributed by atoms with van der Waals surface area (Å²) in [5.74, 6) is 1.10. The highest BCUT2D eigenvalue weighted by molar-refractivity contribution is 7.86. The molecule has 1 saturated heterocycles. The smallest absolute Gasteiger partial charge is 0.281 e. The molecule has 0 bridgehead atoms. The van der Waals surface area contributed by atoms with Gasteiger partial charge in [0.15, 0.2) is 0 Å². The van der Waals surface area contributed by atoms with Crippen LogP contribution in [0.1, 0.15) is 24.2 Å². The minimum Gasteiger partial charge on any atom is -0.493 e. The standard InChI is InChI=1S/C17H27N3O4S/c1-14(2)13-24-16-7-5-15(6-8-16)17(21)19-9-11-20(12-10-19)25(22,23)18(3)4/h5-8,14H,9-13H2,1-4H3. The van der Waals surface area contributed by atoms with E-state index in [2.05, 4.69) is 13.8 Å². The number of hydrogen-bond acceptors (Lipinski definition) is 4. The van der Waals surface area contributed by atoms with Crippen molar-refractivity contribution in [3.05, 3.63) is 29.8 Å². The van der Waals surface area contributed by atoms with Crippen LogP contribution in [0, 0.1) is 5.92 Å². The van der Waals surface area contributed by atoms with Crippen molar-refractivity contribution in [2.45, 2.75) is 13.8 Å². The zero-order chi connectivity index (χ0) is 18.6. The molecule has 0 aliphatic carbocycles. The fourth-order valence-corrected chi connectivity index (χ4v) is 3.58. The molecule has 1 aromatic rings. The lowest BCUT2D eigenvalue weighted by Gasteiger charge is -2.35. The van der Waals surface area contributed by atoms with E-state index in [1.165, 1.54) is 22.7 Å². The summed E-state index contributed by atoms with van der Waals surface area (Å²) in [6.07, 6.45) is 0. The van der Waals surface area contributed by atoms with Gasteiger partial charge in [0.25, 0.3) is 16.1 Å². The van der Waals surface area contributed by atoms with Crippen LogP contribution in [0.4, 0.5) is 0 Å². The fraction of sp³-hybridized carbons (Fsp3) is 0.588. The lowest BCUT2D eigenvalue weighted by Crippen LogP contribution is -2.53. The molecular weight excluding hydrogens is 342 g/mol. The van der Waals surface area contributed by atoms with E-state index in [1.54, 1.807) is 29.2 Å². The average Bonchev–Trinajstić information content (AvgIpc) is 2.59. The van der Waals surface area contributed by atoms with Gasteiger partial charge in [-0.15, -0.1) is 0 Å². The monoisotopic (exact) mass is 369 g/mol. The van der Waals surface area contributed by atoms with Crippen molar-refractivity contribution in [3.63, 3.8) is 0 Å². The van der Waals surface area contributed by atoms with Gasteiger partial charge in [0, 0.05) is 45.8 Å². The minimum atomic E-state index is -3.42. The predicted molar refractivity (Wildman–Crippen MR) is 96.9 cm³/mol. The molecule has 0 spiro atoms. The molecule has 140 valence electrons. The highest BCUT2D eigenvalue weighted by Gasteiger charge is 2.30. The molecule has 0 radical (unpaired) electrons. The average molecular weight is 369 g/mol. The quantitative estimate of drug-likeness (QED) is 0.758. The van der Waals surface area contributed by atoms with Gasteiger partial charge in [-0.2, -0.15) is 17.0 Å². The minimum absolute atomic E-state index is 0.0858. The van der Waals surface area contributed by atoms with Gasteiger partial charge in [0.2, 0.25) is 0 Å². The number of rotatable bonds is 6. The molecule has 0 aromatic heterocycles. The van der Waals surface area contributed by atoms with E-state index in [0.29, 0.717) is 44.3 Å². The Morgan fingerprint density at radius 2 is 1.68 bits per heavy atom. The lowest BCUT2D eigenvalue weighted by molar-refractivity contribution is 0.0695. The molecule has 7 nitrogen and oxygen atoms in total. The summed E-state index contributed by atoms with van der Waals surface area (Å²) in [4.78, 5) is 14.3. The number of benzene rings is 1. The molecular formula is C17H27N3O4S. The topological polar surface area (TPSA) is 70.2 Å². The summed E-state index contributed by atoms with van der Waals surface area (Å²) in [6, 6.07) is 7.09. The molecule has 1 amide bonds. The molecule has 1 aromatic carbocycles. The van der Waals surface area contributed by atoms with Crippen LogP contribution < -0.4 is 4.74 Å². The van der Waals surface area contributed by atoms with E-state index < -0.39 is 10.2 Å². The Morgan fingerprint density at radius 1 is 1.12 bits per heavy atom. The summed E-state index contributed by atoms with van der Waals surface area (Å²) < 4.78 is 32.4. The third kappa shape index (κ3) is 4.93. The SMILES string of the molecule is CC(C)COc1ccc(C(=O)N2CCN(S(=O)(=O)N(C)C)CC2)cc1. The zero-order valence-corrected chi connectivity index (χ0v) is 16.1. The maximum absolute atomic E-state index is 12.6. The van der Waals surface area contributed by atoms with Gasteiger partial charge >= 0.3 is 0 Å². The van der Waals surface area contributed by atoms with Crippen LogP contribution in [0.25, 0.3) is 0 Å². The van der Waals surface area contributed by atoms with E-state index >= 15 is 0 Å². The van der Waals surface area contributed by atoms with Gasteiger partial charge in [-0.1, -0.05) is 13.8 Å². The Balaban J connectivity index is 1.94. The number of piperazine rings is 1. The first-order valence-electron chi connectivity index (χ1n) is 8.41. The van der Waals surface area contributed by atoms with Crippen LogP contribution in [0.5, 0.6) is 5.75 Å². The van der Waals surface area contributed by atoms with Crippen molar-refractivity contribution in [2.75, 3.05) is 46.9 Å². The molecule has 1 aliphatic heterocycles. The number of nitrogens with zero attached hydrogens (tertiary/aromatic N) is 3. The Labute approximate surface area is 150 Å². The van der Waals surface area contributed by atoms with E-state index in [4.69, 9.17) is 4.74 Å². The highest BCUT2D eigenvalue weighted by Crippen LogP contribution is 2.16. The summed E-state index contributed by atoms with van der Waals surface area (Å²) in [7, 11) is -0.401. The maximum Gasteiger partial charge on any atom is 0.281 e. The van der Waals surface area contributed by atoms with Gasteiger partial charge in [0.1, 0.15) is 5.75 Å². The van der Waals surface area contributed by atoms with Gasteiger partial charge in [-0.05, 0) is 30.2 Å². The van der Waals surface area contributed by atoms with Gasteiger partial charge in [0.05, 0.1) is 6.61 Å². The van der Waals surface area contributed by atoms with Gasteiger partial charge < -0.3 is 9.64 Å². The number of amides is 1. The summed E-state index contributed by atoms with van der Waals surface area (Å²) in [5, 5.41) is 0. The van der Waals surface area contributed by atoms with Crippen molar-refractivity contribution >= 4 is 16.1 Å². The Morgan fingerprint density at radius 3 is 2.16 bits per heavy atom. The van der Waals surface area contributed by atoms with E-state index in [1.807, 2.05) is 0 Å². The molecule has 0 N–H and O–H groups in total.